The van der Waals surface area contributed by atoms with Crippen LogP contribution in [0.25, 0.3) is 5.69 Å². The molecule has 0 aliphatic carbocycles. The summed E-state index contributed by atoms with van der Waals surface area (Å²) in [7, 11) is 2.95. The summed E-state index contributed by atoms with van der Waals surface area (Å²) in [6.07, 6.45) is 1.61. The van der Waals surface area contributed by atoms with Crippen molar-refractivity contribution in [1.29, 1.82) is 0 Å². The van der Waals surface area contributed by atoms with E-state index < -0.39 is 5.91 Å². The normalized spacial score (nSPS) is 10.5. The Kier molecular flexibility index (Phi) is 5.09. The molecular weight excluding hydrogens is 361 g/mol. The van der Waals surface area contributed by atoms with Gasteiger partial charge in [-0.05, 0) is 30.3 Å². The molecule has 6 nitrogen and oxygen atoms in total. The zero-order chi connectivity index (χ0) is 18.7. The minimum Gasteiger partial charge on any atom is -0.495 e. The molecule has 1 heterocycles. The number of benzene rings is 2. The van der Waals surface area contributed by atoms with Crippen molar-refractivity contribution in [1.82, 2.24) is 9.78 Å². The molecule has 0 spiro atoms. The molecule has 3 aromatic rings. The summed E-state index contributed by atoms with van der Waals surface area (Å²) in [5, 5.41) is 7.28. The van der Waals surface area contributed by atoms with Crippen LogP contribution in [0.2, 0.25) is 5.02 Å². The number of nitrogens with zero attached hydrogens (tertiary/aromatic N) is 2. The van der Waals surface area contributed by atoms with Crippen molar-refractivity contribution in [3.05, 3.63) is 65.2 Å². The predicted octanol–water partition coefficient (Wildman–Crippen LogP) is 3.93. The average molecular weight is 376 g/mol. The van der Waals surface area contributed by atoms with Crippen molar-refractivity contribution in [3.8, 4) is 17.2 Å². The molecule has 0 saturated carbocycles. The highest BCUT2D eigenvalue weighted by Crippen LogP contribution is 2.36. The summed E-state index contributed by atoms with van der Waals surface area (Å²) in [6.45, 7) is 0. The van der Waals surface area contributed by atoms with Crippen LogP contribution in [0, 0.1) is 5.82 Å². The van der Waals surface area contributed by atoms with Crippen molar-refractivity contribution < 1.29 is 18.7 Å². The van der Waals surface area contributed by atoms with Gasteiger partial charge in [0.1, 0.15) is 17.3 Å². The summed E-state index contributed by atoms with van der Waals surface area (Å²) in [6, 6.07) is 10.4. The lowest BCUT2D eigenvalue weighted by Crippen LogP contribution is -2.14. The number of carbonyl (C=O) groups is 1. The molecule has 2 aromatic carbocycles. The zero-order valence-electron chi connectivity index (χ0n) is 14.0. The van der Waals surface area contributed by atoms with Gasteiger partial charge in [0, 0.05) is 18.3 Å². The quantitative estimate of drug-likeness (QED) is 0.733. The minimum absolute atomic E-state index is 0.185. The van der Waals surface area contributed by atoms with Gasteiger partial charge in [0.2, 0.25) is 0 Å². The van der Waals surface area contributed by atoms with Gasteiger partial charge >= 0.3 is 0 Å². The fraction of sp³-hybridized carbons (Fsp3) is 0.111. The molecule has 3 rings (SSSR count). The monoisotopic (exact) mass is 375 g/mol. The Labute approximate surface area is 154 Å². The maximum absolute atomic E-state index is 13.0. The molecular formula is C18H15ClFN3O3. The lowest BCUT2D eigenvalue weighted by Gasteiger charge is -2.12. The Morgan fingerprint density at radius 1 is 1.12 bits per heavy atom. The molecule has 0 unspecified atom stereocenters. The van der Waals surface area contributed by atoms with Crippen LogP contribution in [0.3, 0.4) is 0 Å². The Balaban J connectivity index is 1.84. The molecule has 0 bridgehead atoms. The topological polar surface area (TPSA) is 65.4 Å². The van der Waals surface area contributed by atoms with Crippen molar-refractivity contribution in [2.75, 3.05) is 19.5 Å². The molecule has 8 heteroatoms. The largest absolute Gasteiger partial charge is 0.495 e. The zero-order valence-corrected chi connectivity index (χ0v) is 14.7. The van der Waals surface area contributed by atoms with Crippen LogP contribution >= 0.6 is 11.6 Å². The van der Waals surface area contributed by atoms with Crippen molar-refractivity contribution in [2.45, 2.75) is 0 Å². The molecule has 0 atom stereocenters. The molecule has 0 saturated heterocycles. The number of methoxy groups -OCH3 is 2. The first-order chi connectivity index (χ1) is 12.5. The second-order valence-corrected chi connectivity index (χ2v) is 5.67. The van der Waals surface area contributed by atoms with Gasteiger partial charge in [-0.2, -0.15) is 5.10 Å². The van der Waals surface area contributed by atoms with Crippen LogP contribution in [0.4, 0.5) is 10.1 Å². The number of anilines is 1. The third-order valence-electron chi connectivity index (χ3n) is 3.64. The molecule has 0 fully saturated rings. The van der Waals surface area contributed by atoms with E-state index in [9.17, 15) is 9.18 Å². The third-order valence-corrected chi connectivity index (χ3v) is 3.93. The van der Waals surface area contributed by atoms with E-state index in [1.807, 2.05) is 0 Å². The number of halogens is 2. The van der Waals surface area contributed by atoms with Crippen LogP contribution in [0.5, 0.6) is 11.5 Å². The second kappa shape index (κ2) is 7.45. The molecule has 1 aromatic heterocycles. The van der Waals surface area contributed by atoms with Crippen molar-refractivity contribution >= 4 is 23.2 Å². The Morgan fingerprint density at radius 2 is 1.81 bits per heavy atom. The second-order valence-electron chi connectivity index (χ2n) is 5.26. The number of amides is 1. The van der Waals surface area contributed by atoms with Gasteiger partial charge in [-0.1, -0.05) is 11.6 Å². The van der Waals surface area contributed by atoms with Gasteiger partial charge in [-0.15, -0.1) is 0 Å². The molecule has 134 valence electrons. The first kappa shape index (κ1) is 17.8. The van der Waals surface area contributed by atoms with E-state index in [4.69, 9.17) is 21.1 Å². The van der Waals surface area contributed by atoms with E-state index in [2.05, 4.69) is 10.4 Å². The van der Waals surface area contributed by atoms with Gasteiger partial charge in [0.05, 0.1) is 30.6 Å². The summed E-state index contributed by atoms with van der Waals surface area (Å²) in [5.74, 6) is 0.0120. The summed E-state index contributed by atoms with van der Waals surface area (Å²) >= 11 is 6.06. The van der Waals surface area contributed by atoms with E-state index in [0.29, 0.717) is 27.9 Å². The molecule has 1 amide bonds. The van der Waals surface area contributed by atoms with Crippen LogP contribution in [0.15, 0.2) is 48.7 Å². The fourth-order valence-electron chi connectivity index (χ4n) is 2.33. The fourth-order valence-corrected chi connectivity index (χ4v) is 2.56. The molecule has 0 aliphatic heterocycles. The summed E-state index contributed by atoms with van der Waals surface area (Å²) in [5.41, 5.74) is 1.22. The third kappa shape index (κ3) is 3.62. The summed E-state index contributed by atoms with van der Waals surface area (Å²) in [4.78, 5) is 12.5. The van der Waals surface area contributed by atoms with Gasteiger partial charge in [0.15, 0.2) is 5.69 Å². The highest BCUT2D eigenvalue weighted by Gasteiger charge is 2.16. The van der Waals surface area contributed by atoms with Gasteiger partial charge in [-0.3, -0.25) is 4.79 Å². The maximum atomic E-state index is 13.0. The number of nitrogens with one attached hydrogen (secondary N) is 1. The molecule has 1 N–H and O–H groups in total. The van der Waals surface area contributed by atoms with Crippen LogP contribution in [0.1, 0.15) is 10.5 Å². The van der Waals surface area contributed by atoms with E-state index in [1.165, 1.54) is 31.0 Å². The molecule has 0 aliphatic rings. The van der Waals surface area contributed by atoms with E-state index in [-0.39, 0.29) is 11.5 Å². The van der Waals surface area contributed by atoms with Crippen LogP contribution in [-0.4, -0.2) is 29.9 Å². The van der Waals surface area contributed by atoms with Gasteiger partial charge in [-0.25, -0.2) is 9.07 Å². The Hall–Kier alpha value is -3.06. The average Bonchev–Trinajstić information content (AvgIpc) is 3.13. The van der Waals surface area contributed by atoms with Crippen molar-refractivity contribution in [2.24, 2.45) is 0 Å². The minimum atomic E-state index is -0.437. The Morgan fingerprint density at radius 3 is 2.46 bits per heavy atom. The number of hydrogen-bond donors (Lipinski definition) is 1. The maximum Gasteiger partial charge on any atom is 0.276 e. The van der Waals surface area contributed by atoms with Gasteiger partial charge < -0.3 is 14.8 Å². The van der Waals surface area contributed by atoms with E-state index in [1.54, 1.807) is 36.5 Å². The smallest absolute Gasteiger partial charge is 0.276 e. The highest BCUT2D eigenvalue weighted by atomic mass is 35.5. The van der Waals surface area contributed by atoms with Crippen LogP contribution < -0.4 is 14.8 Å². The first-order valence-electron chi connectivity index (χ1n) is 7.56. The lowest BCUT2D eigenvalue weighted by atomic mass is 10.2. The predicted molar refractivity (Wildman–Crippen MR) is 96.0 cm³/mol. The first-order valence-corrected chi connectivity index (χ1v) is 7.94. The number of hydrogen-bond acceptors (Lipinski definition) is 4. The van der Waals surface area contributed by atoms with Crippen molar-refractivity contribution in [3.63, 3.8) is 0 Å². The highest BCUT2D eigenvalue weighted by molar-refractivity contribution is 6.32. The van der Waals surface area contributed by atoms with Crippen LogP contribution in [-0.2, 0) is 0 Å². The SMILES string of the molecule is COc1cc(NC(=O)c2ccn(-c3ccc(F)cc3)n2)c(OC)cc1Cl. The number of carbonyl (C=O) groups excluding carboxylic acids is 1. The van der Waals surface area contributed by atoms with E-state index >= 15 is 0 Å². The summed E-state index contributed by atoms with van der Waals surface area (Å²) < 4.78 is 24.9. The van der Waals surface area contributed by atoms with Gasteiger partial charge in [0.25, 0.3) is 5.91 Å². The number of ether oxygens (including phenoxy) is 2. The Bertz CT molecular complexity index is 941. The number of aromatic nitrogens is 2. The standard InChI is InChI=1S/C18H15ClFN3O3/c1-25-16-10-15(17(26-2)9-13(16)19)21-18(24)14-7-8-23(22-14)12-5-3-11(20)4-6-12/h3-10H,1-2H3,(H,21,24). The number of rotatable bonds is 5. The lowest BCUT2D eigenvalue weighted by molar-refractivity contribution is 0.102. The molecule has 26 heavy (non-hydrogen) atoms. The van der Waals surface area contributed by atoms with E-state index in [0.717, 1.165) is 0 Å². The molecule has 0 radical (unpaired) electrons.